The molecule has 0 unspecified atom stereocenters. The maximum atomic E-state index is 11.1. The highest BCUT2D eigenvalue weighted by molar-refractivity contribution is 5.70. The van der Waals surface area contributed by atoms with E-state index in [0.717, 1.165) is 0 Å². The Labute approximate surface area is 107 Å². The molecule has 0 amide bonds. The molecule has 0 bridgehead atoms. The van der Waals surface area contributed by atoms with Gasteiger partial charge < -0.3 is 14.7 Å². The number of carbonyl (C=O) groups excluding carboxylic acids is 1. The second-order valence-corrected chi connectivity index (χ2v) is 3.27. The van der Waals surface area contributed by atoms with Crippen molar-refractivity contribution in [1.29, 1.82) is 0 Å². The van der Waals surface area contributed by atoms with E-state index in [0.29, 0.717) is 4.85 Å². The average molecular weight is 265 g/mol. The van der Waals surface area contributed by atoms with Gasteiger partial charge in [-0.1, -0.05) is 9.94 Å². The fraction of sp³-hybridized carbons (Fsp3) is 0.300. The highest BCUT2D eigenvalue weighted by Gasteiger charge is 2.15. The third-order valence-corrected chi connectivity index (χ3v) is 1.96. The minimum atomic E-state index is -0.547. The fourth-order valence-corrected chi connectivity index (χ4v) is 1.23. The lowest BCUT2D eigenvalue weighted by Gasteiger charge is -2.00. The van der Waals surface area contributed by atoms with Gasteiger partial charge in [-0.2, -0.15) is 4.98 Å². The van der Waals surface area contributed by atoms with Crippen LogP contribution in [0.1, 0.15) is 6.92 Å². The highest BCUT2D eigenvalue weighted by Crippen LogP contribution is 2.13. The van der Waals surface area contributed by atoms with Crippen LogP contribution >= 0.6 is 0 Å². The Kier molecular flexibility index (Phi) is 3.86. The van der Waals surface area contributed by atoms with Crippen LogP contribution in [-0.2, 0) is 9.53 Å². The predicted octanol–water partition coefficient (Wildman–Crippen LogP) is -0.0857. The van der Waals surface area contributed by atoms with Crippen LogP contribution in [0.2, 0.25) is 0 Å². The third kappa shape index (κ3) is 3.15. The largest absolute Gasteiger partial charge is 0.463 e. The van der Waals surface area contributed by atoms with E-state index < -0.39 is 5.97 Å². The SMILES string of the molecule is CCOC(=O)COc1nc(-c2ncccn2)n(O)n1. The first-order valence-electron chi connectivity index (χ1n) is 5.43. The number of carbonyl (C=O) groups is 1. The summed E-state index contributed by atoms with van der Waals surface area (Å²) in [6.45, 7) is 1.60. The van der Waals surface area contributed by atoms with E-state index in [-0.39, 0.29) is 30.9 Å². The lowest BCUT2D eigenvalue weighted by atomic mass is 10.5. The number of rotatable bonds is 5. The molecule has 2 rings (SSSR count). The Morgan fingerprint density at radius 2 is 2.16 bits per heavy atom. The Morgan fingerprint density at radius 1 is 1.42 bits per heavy atom. The summed E-state index contributed by atoms with van der Waals surface area (Å²) in [5.41, 5.74) is 0. The van der Waals surface area contributed by atoms with E-state index in [4.69, 9.17) is 4.74 Å². The summed E-state index contributed by atoms with van der Waals surface area (Å²) >= 11 is 0. The van der Waals surface area contributed by atoms with Crippen LogP contribution in [0.15, 0.2) is 18.5 Å². The van der Waals surface area contributed by atoms with Crippen molar-refractivity contribution in [3.05, 3.63) is 18.5 Å². The zero-order chi connectivity index (χ0) is 13.7. The molecule has 0 radical (unpaired) electrons. The minimum absolute atomic E-state index is 0.0134. The summed E-state index contributed by atoms with van der Waals surface area (Å²) in [5.74, 6) is -0.350. The van der Waals surface area contributed by atoms with Crippen LogP contribution in [0.3, 0.4) is 0 Å². The quantitative estimate of drug-likeness (QED) is 0.589. The standard InChI is InChI=1S/C10H11N5O4/c1-2-18-7(16)6-19-10-13-9(15(17)14-10)8-11-4-3-5-12-8/h3-5,17H,2,6H2,1H3. The molecular weight excluding hydrogens is 254 g/mol. The number of esters is 1. The monoisotopic (exact) mass is 265 g/mol. The van der Waals surface area contributed by atoms with E-state index in [1.165, 1.54) is 12.4 Å². The van der Waals surface area contributed by atoms with Gasteiger partial charge >= 0.3 is 12.0 Å². The first-order valence-corrected chi connectivity index (χ1v) is 5.43. The summed E-state index contributed by atoms with van der Waals surface area (Å²) in [5, 5.41) is 13.1. The molecule has 0 saturated carbocycles. The summed E-state index contributed by atoms with van der Waals surface area (Å²) in [4.78, 5) is 23.2. The molecule has 2 aromatic rings. The summed E-state index contributed by atoms with van der Waals surface area (Å²) in [6.07, 6.45) is 2.99. The van der Waals surface area contributed by atoms with E-state index in [9.17, 15) is 10.0 Å². The first-order chi connectivity index (χ1) is 9.20. The van der Waals surface area contributed by atoms with Gasteiger partial charge in [0, 0.05) is 12.4 Å². The molecule has 0 spiro atoms. The van der Waals surface area contributed by atoms with Crippen molar-refractivity contribution >= 4 is 5.97 Å². The number of hydrogen-bond acceptors (Lipinski definition) is 8. The van der Waals surface area contributed by atoms with Gasteiger partial charge in [-0.05, 0) is 13.0 Å². The maximum absolute atomic E-state index is 11.1. The van der Waals surface area contributed by atoms with Crippen LogP contribution in [-0.4, -0.2) is 49.3 Å². The smallest absolute Gasteiger partial charge is 0.344 e. The average Bonchev–Trinajstić information content (AvgIpc) is 2.79. The molecule has 9 heteroatoms. The summed E-state index contributed by atoms with van der Waals surface area (Å²) in [6, 6.07) is 1.46. The van der Waals surface area contributed by atoms with Crippen LogP contribution in [0.5, 0.6) is 6.01 Å². The molecule has 0 aliphatic heterocycles. The lowest BCUT2D eigenvalue weighted by Crippen LogP contribution is -2.15. The van der Waals surface area contributed by atoms with Crippen molar-refractivity contribution in [3.8, 4) is 17.7 Å². The van der Waals surface area contributed by atoms with Crippen LogP contribution < -0.4 is 4.74 Å². The Morgan fingerprint density at radius 3 is 2.84 bits per heavy atom. The molecular formula is C10H11N5O4. The van der Waals surface area contributed by atoms with Gasteiger partial charge in [-0.3, -0.25) is 0 Å². The first kappa shape index (κ1) is 12.7. The van der Waals surface area contributed by atoms with Gasteiger partial charge in [0.25, 0.3) is 0 Å². The minimum Gasteiger partial charge on any atom is -0.463 e. The number of ether oxygens (including phenoxy) is 2. The molecule has 0 saturated heterocycles. The Hall–Kier alpha value is -2.71. The van der Waals surface area contributed by atoms with Gasteiger partial charge in [0.2, 0.25) is 11.6 Å². The van der Waals surface area contributed by atoms with Crippen molar-refractivity contribution in [2.24, 2.45) is 0 Å². The zero-order valence-electron chi connectivity index (χ0n) is 10.1. The molecule has 0 fully saturated rings. The molecule has 100 valence electrons. The molecule has 0 aromatic carbocycles. The van der Waals surface area contributed by atoms with Crippen LogP contribution in [0.4, 0.5) is 0 Å². The molecule has 0 aliphatic carbocycles. The van der Waals surface area contributed by atoms with Crippen LogP contribution in [0, 0.1) is 0 Å². The van der Waals surface area contributed by atoms with Gasteiger partial charge in [-0.15, -0.1) is 0 Å². The molecule has 2 aromatic heterocycles. The third-order valence-electron chi connectivity index (χ3n) is 1.96. The molecule has 1 N–H and O–H groups in total. The molecule has 0 aliphatic rings. The second kappa shape index (κ2) is 5.76. The van der Waals surface area contributed by atoms with E-state index >= 15 is 0 Å². The van der Waals surface area contributed by atoms with Crippen molar-refractivity contribution in [3.63, 3.8) is 0 Å². The highest BCUT2D eigenvalue weighted by atomic mass is 16.6. The predicted molar refractivity (Wildman–Crippen MR) is 60.4 cm³/mol. The summed E-state index contributed by atoms with van der Waals surface area (Å²) < 4.78 is 9.64. The number of hydrogen-bond donors (Lipinski definition) is 1. The topological polar surface area (TPSA) is 112 Å². The normalized spacial score (nSPS) is 10.2. The van der Waals surface area contributed by atoms with E-state index in [2.05, 4.69) is 24.8 Å². The van der Waals surface area contributed by atoms with E-state index in [1.807, 2.05) is 0 Å². The molecule has 9 nitrogen and oxygen atoms in total. The lowest BCUT2D eigenvalue weighted by molar-refractivity contribution is -0.145. The van der Waals surface area contributed by atoms with Gasteiger partial charge in [0.15, 0.2) is 6.61 Å². The number of aromatic nitrogens is 5. The molecule has 2 heterocycles. The Balaban J connectivity index is 2.07. The van der Waals surface area contributed by atoms with Gasteiger partial charge in [0.1, 0.15) is 0 Å². The zero-order valence-corrected chi connectivity index (χ0v) is 10.1. The van der Waals surface area contributed by atoms with E-state index in [1.54, 1.807) is 13.0 Å². The fourth-order valence-electron chi connectivity index (χ4n) is 1.23. The molecule has 0 atom stereocenters. The van der Waals surface area contributed by atoms with Crippen molar-refractivity contribution in [2.75, 3.05) is 13.2 Å². The van der Waals surface area contributed by atoms with Gasteiger partial charge in [0.05, 0.1) is 6.61 Å². The Bertz CT molecular complexity index is 556. The van der Waals surface area contributed by atoms with Crippen molar-refractivity contribution in [1.82, 2.24) is 24.9 Å². The van der Waals surface area contributed by atoms with Crippen molar-refractivity contribution in [2.45, 2.75) is 6.92 Å². The molecule has 19 heavy (non-hydrogen) atoms. The second-order valence-electron chi connectivity index (χ2n) is 3.27. The number of nitrogens with zero attached hydrogens (tertiary/aromatic N) is 5. The summed E-state index contributed by atoms with van der Waals surface area (Å²) in [7, 11) is 0. The maximum Gasteiger partial charge on any atom is 0.344 e. The van der Waals surface area contributed by atoms with Crippen LogP contribution in [0.25, 0.3) is 11.6 Å². The van der Waals surface area contributed by atoms with Crippen molar-refractivity contribution < 1.29 is 19.5 Å². The van der Waals surface area contributed by atoms with Gasteiger partial charge in [-0.25, -0.2) is 14.8 Å².